The van der Waals surface area contributed by atoms with Gasteiger partial charge < -0.3 is 14.8 Å². The van der Waals surface area contributed by atoms with Crippen LogP contribution >= 0.6 is 15.9 Å². The van der Waals surface area contributed by atoms with Gasteiger partial charge in [-0.2, -0.15) is 0 Å². The first kappa shape index (κ1) is 17.7. The highest BCUT2D eigenvalue weighted by Gasteiger charge is 2.23. The monoisotopic (exact) mass is 408 g/mol. The highest BCUT2D eigenvalue weighted by atomic mass is 79.9. The van der Waals surface area contributed by atoms with Gasteiger partial charge in [-0.05, 0) is 58.5 Å². The van der Waals surface area contributed by atoms with E-state index in [-0.39, 0.29) is 18.2 Å². The maximum absolute atomic E-state index is 13.7. The summed E-state index contributed by atoms with van der Waals surface area (Å²) in [7, 11) is 1.41. The van der Waals surface area contributed by atoms with E-state index in [1.807, 2.05) is 0 Å². The average Bonchev–Trinajstić information content (AvgIpc) is 3.43. The van der Waals surface area contributed by atoms with Gasteiger partial charge in [0.25, 0.3) is 5.91 Å². The summed E-state index contributed by atoms with van der Waals surface area (Å²) in [5.41, 5.74) is 0.985. The number of aromatic nitrogens is 1. The summed E-state index contributed by atoms with van der Waals surface area (Å²) in [4.78, 5) is 16.7. The van der Waals surface area contributed by atoms with Crippen LogP contribution in [0.25, 0.3) is 0 Å². The largest absolute Gasteiger partial charge is 0.494 e. The van der Waals surface area contributed by atoms with Crippen LogP contribution in [0.15, 0.2) is 34.9 Å². The summed E-state index contributed by atoms with van der Waals surface area (Å²) >= 11 is 3.32. The Labute approximate surface area is 153 Å². The molecule has 0 saturated heterocycles. The second-order valence-corrected chi connectivity index (χ2v) is 6.83. The Hall–Kier alpha value is -2.15. The van der Waals surface area contributed by atoms with E-state index in [4.69, 9.17) is 9.47 Å². The van der Waals surface area contributed by atoms with E-state index in [9.17, 15) is 9.18 Å². The van der Waals surface area contributed by atoms with E-state index < -0.39 is 5.82 Å². The number of hydrogen-bond donors (Lipinski definition) is 1. The summed E-state index contributed by atoms with van der Waals surface area (Å²) in [6.45, 7) is 0.757. The molecule has 3 rings (SSSR count). The van der Waals surface area contributed by atoms with Crippen molar-refractivity contribution in [3.63, 3.8) is 0 Å². The highest BCUT2D eigenvalue weighted by Crippen LogP contribution is 2.30. The average molecular weight is 409 g/mol. The number of rotatable bonds is 7. The van der Waals surface area contributed by atoms with Gasteiger partial charge in [0.05, 0.1) is 13.7 Å². The molecule has 1 heterocycles. The van der Waals surface area contributed by atoms with Crippen LogP contribution in [0.5, 0.6) is 11.6 Å². The minimum atomic E-state index is -0.466. The number of benzene rings is 1. The quantitative estimate of drug-likeness (QED) is 0.758. The predicted octanol–water partition coefficient (Wildman–Crippen LogP) is 3.71. The number of carbonyl (C=O) groups excluding carboxylic acids is 1. The van der Waals surface area contributed by atoms with E-state index in [0.717, 1.165) is 12.8 Å². The van der Waals surface area contributed by atoms with Crippen LogP contribution < -0.4 is 14.8 Å². The number of nitrogens with zero attached hydrogens (tertiary/aromatic N) is 1. The Bertz CT molecular complexity index is 781. The van der Waals surface area contributed by atoms with Crippen LogP contribution in [-0.2, 0) is 6.54 Å². The SMILES string of the molecule is COc1ccc(CNC(=O)c2cc(Br)cnc2OCC2CC2)cc1F. The fraction of sp³-hybridized carbons (Fsp3) is 0.333. The normalized spacial score (nSPS) is 13.4. The number of halogens is 2. The summed E-state index contributed by atoms with van der Waals surface area (Å²) < 4.78 is 25.0. The second kappa shape index (κ2) is 7.82. The van der Waals surface area contributed by atoms with Crippen LogP contribution in [0, 0.1) is 11.7 Å². The summed E-state index contributed by atoms with van der Waals surface area (Å²) in [5.74, 6) is 0.252. The third kappa shape index (κ3) is 4.69. The molecule has 2 aromatic rings. The van der Waals surface area contributed by atoms with E-state index in [1.165, 1.54) is 19.2 Å². The van der Waals surface area contributed by atoms with Crippen molar-refractivity contribution in [2.24, 2.45) is 5.92 Å². The molecular weight excluding hydrogens is 391 g/mol. The Balaban J connectivity index is 1.67. The Morgan fingerprint density at radius 3 is 2.88 bits per heavy atom. The van der Waals surface area contributed by atoms with E-state index in [0.29, 0.717) is 34.0 Å². The molecule has 5 nitrogen and oxygen atoms in total. The minimum absolute atomic E-state index is 0.169. The van der Waals surface area contributed by atoms with Crippen LogP contribution in [0.2, 0.25) is 0 Å². The molecule has 1 amide bonds. The molecule has 1 aromatic heterocycles. The number of amides is 1. The van der Waals surface area contributed by atoms with Crippen molar-refractivity contribution < 1.29 is 18.7 Å². The van der Waals surface area contributed by atoms with Gasteiger partial charge in [0.15, 0.2) is 11.6 Å². The highest BCUT2D eigenvalue weighted by molar-refractivity contribution is 9.10. The van der Waals surface area contributed by atoms with E-state index >= 15 is 0 Å². The van der Waals surface area contributed by atoms with Gasteiger partial charge in [-0.15, -0.1) is 0 Å². The second-order valence-electron chi connectivity index (χ2n) is 5.91. The van der Waals surface area contributed by atoms with Crippen molar-refractivity contribution in [3.8, 4) is 11.6 Å². The number of ether oxygens (including phenoxy) is 2. The molecule has 0 spiro atoms. The lowest BCUT2D eigenvalue weighted by Gasteiger charge is -2.11. The van der Waals surface area contributed by atoms with Crippen molar-refractivity contribution in [3.05, 3.63) is 51.9 Å². The maximum atomic E-state index is 13.7. The lowest BCUT2D eigenvalue weighted by Crippen LogP contribution is -2.24. The maximum Gasteiger partial charge on any atom is 0.257 e. The summed E-state index contributed by atoms with van der Waals surface area (Å²) in [5, 5.41) is 2.76. The number of hydrogen-bond acceptors (Lipinski definition) is 4. The van der Waals surface area contributed by atoms with Gasteiger partial charge in [0, 0.05) is 17.2 Å². The van der Waals surface area contributed by atoms with Crippen molar-refractivity contribution in [2.75, 3.05) is 13.7 Å². The van der Waals surface area contributed by atoms with Crippen molar-refractivity contribution in [1.29, 1.82) is 0 Å². The van der Waals surface area contributed by atoms with Gasteiger partial charge >= 0.3 is 0 Å². The third-order valence-electron chi connectivity index (χ3n) is 3.88. The molecule has 7 heteroatoms. The molecule has 0 radical (unpaired) electrons. The molecule has 1 N–H and O–H groups in total. The topological polar surface area (TPSA) is 60.5 Å². The minimum Gasteiger partial charge on any atom is -0.494 e. The van der Waals surface area contributed by atoms with E-state index in [2.05, 4.69) is 26.2 Å². The van der Waals surface area contributed by atoms with Gasteiger partial charge in [-0.3, -0.25) is 4.79 Å². The van der Waals surface area contributed by atoms with Crippen LogP contribution in [-0.4, -0.2) is 24.6 Å². The molecular formula is C18H18BrFN2O3. The predicted molar refractivity (Wildman–Crippen MR) is 94.3 cm³/mol. The van der Waals surface area contributed by atoms with Gasteiger partial charge in [0.2, 0.25) is 5.88 Å². The molecule has 1 aromatic carbocycles. The van der Waals surface area contributed by atoms with Crippen LogP contribution in [0.4, 0.5) is 4.39 Å². The first-order valence-corrected chi connectivity index (χ1v) is 8.75. The van der Waals surface area contributed by atoms with E-state index in [1.54, 1.807) is 18.3 Å². The molecule has 0 unspecified atom stereocenters. The van der Waals surface area contributed by atoms with Crippen LogP contribution in [0.1, 0.15) is 28.8 Å². The molecule has 1 saturated carbocycles. The molecule has 0 aliphatic heterocycles. The molecule has 0 bridgehead atoms. The number of methoxy groups -OCH3 is 1. The lowest BCUT2D eigenvalue weighted by molar-refractivity contribution is 0.0945. The molecule has 1 aliphatic carbocycles. The molecule has 1 aliphatic rings. The summed E-state index contributed by atoms with van der Waals surface area (Å²) in [6.07, 6.45) is 3.90. The Morgan fingerprint density at radius 1 is 1.40 bits per heavy atom. The van der Waals surface area contributed by atoms with Crippen molar-refractivity contribution >= 4 is 21.8 Å². The Kier molecular flexibility index (Phi) is 5.53. The van der Waals surface area contributed by atoms with Gasteiger partial charge in [-0.1, -0.05) is 6.07 Å². The fourth-order valence-corrected chi connectivity index (χ4v) is 2.61. The van der Waals surface area contributed by atoms with Crippen molar-refractivity contribution in [1.82, 2.24) is 10.3 Å². The summed E-state index contributed by atoms with van der Waals surface area (Å²) in [6, 6.07) is 6.23. The molecule has 132 valence electrons. The Morgan fingerprint density at radius 2 is 2.20 bits per heavy atom. The molecule has 1 fully saturated rings. The zero-order valence-corrected chi connectivity index (χ0v) is 15.3. The first-order valence-electron chi connectivity index (χ1n) is 7.95. The number of pyridine rings is 1. The zero-order valence-electron chi connectivity index (χ0n) is 13.7. The third-order valence-corrected chi connectivity index (χ3v) is 4.32. The molecule has 0 atom stereocenters. The van der Waals surface area contributed by atoms with Gasteiger partial charge in [0.1, 0.15) is 5.56 Å². The number of carbonyl (C=O) groups is 1. The first-order chi connectivity index (χ1) is 12.1. The number of nitrogens with one attached hydrogen (secondary N) is 1. The fourth-order valence-electron chi connectivity index (χ4n) is 2.28. The zero-order chi connectivity index (χ0) is 17.8. The lowest BCUT2D eigenvalue weighted by atomic mass is 10.2. The smallest absolute Gasteiger partial charge is 0.257 e. The van der Waals surface area contributed by atoms with Crippen LogP contribution in [0.3, 0.4) is 0 Å². The van der Waals surface area contributed by atoms with Gasteiger partial charge in [-0.25, -0.2) is 9.37 Å². The molecule has 25 heavy (non-hydrogen) atoms. The van der Waals surface area contributed by atoms with Crippen molar-refractivity contribution in [2.45, 2.75) is 19.4 Å². The standard InChI is InChI=1S/C18H18BrFN2O3/c1-24-16-5-4-12(6-15(16)20)8-21-17(23)14-7-13(19)9-22-18(14)25-10-11-2-3-11/h4-7,9,11H,2-3,8,10H2,1H3,(H,21,23).